The lowest BCUT2D eigenvalue weighted by Crippen LogP contribution is -2.43. The van der Waals surface area contributed by atoms with Crippen LogP contribution >= 0.6 is 11.6 Å². The van der Waals surface area contributed by atoms with Gasteiger partial charge in [-0.3, -0.25) is 4.90 Å². The van der Waals surface area contributed by atoms with Gasteiger partial charge in [0.1, 0.15) is 0 Å². The molecule has 0 radical (unpaired) electrons. The third kappa shape index (κ3) is 2.56. The van der Waals surface area contributed by atoms with Crippen LogP contribution in [0.25, 0.3) is 0 Å². The minimum absolute atomic E-state index is 0.601. The first kappa shape index (κ1) is 13.1. The highest BCUT2D eigenvalue weighted by molar-refractivity contribution is 6.30. The normalized spacial score (nSPS) is 27.9. The molecule has 0 aliphatic carbocycles. The zero-order valence-electron chi connectivity index (χ0n) is 11.6. The number of anilines is 1. The number of hydrogen-bond acceptors (Lipinski definition) is 4. The summed E-state index contributed by atoms with van der Waals surface area (Å²) < 4.78 is 0. The van der Waals surface area contributed by atoms with Crippen molar-refractivity contribution in [2.75, 3.05) is 18.0 Å². The topological polar surface area (TPSA) is 32.3 Å². The first-order valence-corrected chi connectivity index (χ1v) is 7.53. The molecule has 3 heterocycles. The SMILES string of the molecule is CC(C)N1[C@H]2CC[C@H]1CN(c1ncc(Cl)cn1)CC2. The van der Waals surface area contributed by atoms with Gasteiger partial charge >= 0.3 is 0 Å². The van der Waals surface area contributed by atoms with Gasteiger partial charge in [0.15, 0.2) is 0 Å². The van der Waals surface area contributed by atoms with Crippen LogP contribution < -0.4 is 4.90 Å². The Bertz CT molecular complexity index is 434. The van der Waals surface area contributed by atoms with Crippen LogP contribution in [0.1, 0.15) is 33.1 Å². The Morgan fingerprint density at radius 3 is 2.53 bits per heavy atom. The van der Waals surface area contributed by atoms with Crippen molar-refractivity contribution in [3.8, 4) is 0 Å². The number of halogens is 1. The van der Waals surface area contributed by atoms with Crippen molar-refractivity contribution in [2.24, 2.45) is 0 Å². The molecule has 1 aromatic heterocycles. The van der Waals surface area contributed by atoms with Gasteiger partial charge in [0.25, 0.3) is 0 Å². The fourth-order valence-electron chi connectivity index (χ4n) is 3.60. The number of rotatable bonds is 2. The van der Waals surface area contributed by atoms with Gasteiger partial charge in [0.05, 0.1) is 17.4 Å². The van der Waals surface area contributed by atoms with E-state index in [1.165, 1.54) is 19.3 Å². The molecule has 0 saturated carbocycles. The van der Waals surface area contributed by atoms with E-state index in [1.807, 2.05) is 0 Å². The molecule has 0 spiro atoms. The smallest absolute Gasteiger partial charge is 0.225 e. The van der Waals surface area contributed by atoms with Gasteiger partial charge in [-0.1, -0.05) is 11.6 Å². The van der Waals surface area contributed by atoms with Gasteiger partial charge in [-0.05, 0) is 33.1 Å². The Balaban J connectivity index is 1.78. The van der Waals surface area contributed by atoms with Crippen molar-refractivity contribution in [3.63, 3.8) is 0 Å². The third-order valence-electron chi connectivity index (χ3n) is 4.33. The summed E-state index contributed by atoms with van der Waals surface area (Å²) in [5.41, 5.74) is 0. The molecule has 3 rings (SSSR count). The van der Waals surface area contributed by atoms with Crippen LogP contribution in [0.4, 0.5) is 5.95 Å². The predicted octanol–water partition coefficient (Wildman–Crippen LogP) is 2.58. The molecule has 1 aromatic rings. The Morgan fingerprint density at radius 1 is 1.16 bits per heavy atom. The van der Waals surface area contributed by atoms with Crippen LogP contribution in [-0.4, -0.2) is 46.1 Å². The fraction of sp³-hybridized carbons (Fsp3) is 0.714. The minimum Gasteiger partial charge on any atom is -0.339 e. The van der Waals surface area contributed by atoms with Crippen LogP contribution in [-0.2, 0) is 0 Å². The molecule has 5 heteroatoms. The minimum atomic E-state index is 0.601. The molecule has 19 heavy (non-hydrogen) atoms. The summed E-state index contributed by atoms with van der Waals surface area (Å²) in [7, 11) is 0. The Labute approximate surface area is 119 Å². The van der Waals surface area contributed by atoms with E-state index >= 15 is 0 Å². The molecule has 2 bridgehead atoms. The van der Waals surface area contributed by atoms with E-state index in [4.69, 9.17) is 11.6 Å². The maximum Gasteiger partial charge on any atom is 0.225 e. The molecule has 0 amide bonds. The summed E-state index contributed by atoms with van der Waals surface area (Å²) in [6.07, 6.45) is 7.23. The van der Waals surface area contributed by atoms with Gasteiger partial charge in [-0.15, -0.1) is 0 Å². The maximum atomic E-state index is 5.86. The Hall–Kier alpha value is -0.870. The second kappa shape index (κ2) is 5.25. The van der Waals surface area contributed by atoms with Crippen molar-refractivity contribution < 1.29 is 0 Å². The van der Waals surface area contributed by atoms with Gasteiger partial charge in [-0.25, -0.2) is 9.97 Å². The molecule has 2 saturated heterocycles. The van der Waals surface area contributed by atoms with Crippen molar-refractivity contribution in [3.05, 3.63) is 17.4 Å². The van der Waals surface area contributed by atoms with Crippen molar-refractivity contribution in [2.45, 2.75) is 51.2 Å². The first-order valence-electron chi connectivity index (χ1n) is 7.15. The molecule has 0 unspecified atom stereocenters. The van der Waals surface area contributed by atoms with Crippen LogP contribution in [0.15, 0.2) is 12.4 Å². The molecule has 104 valence electrons. The monoisotopic (exact) mass is 280 g/mol. The molecule has 0 N–H and O–H groups in total. The molecule has 2 fully saturated rings. The summed E-state index contributed by atoms with van der Waals surface area (Å²) in [4.78, 5) is 13.7. The van der Waals surface area contributed by atoms with Crippen LogP contribution in [0, 0.1) is 0 Å². The lowest BCUT2D eigenvalue weighted by atomic mass is 10.1. The second-order valence-corrected chi connectivity index (χ2v) is 6.30. The number of aromatic nitrogens is 2. The highest BCUT2D eigenvalue weighted by atomic mass is 35.5. The fourth-order valence-corrected chi connectivity index (χ4v) is 3.70. The number of fused-ring (bicyclic) bond motifs is 2. The summed E-state index contributed by atoms with van der Waals surface area (Å²) >= 11 is 5.86. The zero-order valence-corrected chi connectivity index (χ0v) is 12.3. The molecule has 2 aliphatic heterocycles. The van der Waals surface area contributed by atoms with Gasteiger partial charge in [-0.2, -0.15) is 0 Å². The lowest BCUT2D eigenvalue weighted by Gasteiger charge is -2.32. The van der Waals surface area contributed by atoms with Crippen molar-refractivity contribution >= 4 is 17.5 Å². The summed E-state index contributed by atoms with van der Waals surface area (Å²) in [5.74, 6) is 0.820. The summed E-state index contributed by atoms with van der Waals surface area (Å²) in [6, 6.07) is 2.01. The van der Waals surface area contributed by atoms with E-state index in [1.54, 1.807) is 12.4 Å². The molecule has 4 nitrogen and oxygen atoms in total. The molecular weight excluding hydrogens is 260 g/mol. The molecule has 2 aliphatic rings. The highest BCUT2D eigenvalue weighted by Gasteiger charge is 2.38. The predicted molar refractivity (Wildman–Crippen MR) is 77.7 cm³/mol. The van der Waals surface area contributed by atoms with Crippen molar-refractivity contribution in [1.82, 2.24) is 14.9 Å². The highest BCUT2D eigenvalue weighted by Crippen LogP contribution is 2.32. The lowest BCUT2D eigenvalue weighted by molar-refractivity contribution is 0.158. The van der Waals surface area contributed by atoms with Crippen LogP contribution in [0.3, 0.4) is 0 Å². The molecular formula is C14H21ClN4. The summed E-state index contributed by atoms with van der Waals surface area (Å²) in [5, 5.41) is 0.601. The molecule has 2 atom stereocenters. The quantitative estimate of drug-likeness (QED) is 0.833. The largest absolute Gasteiger partial charge is 0.339 e. The van der Waals surface area contributed by atoms with Gasteiger partial charge < -0.3 is 4.90 Å². The second-order valence-electron chi connectivity index (χ2n) is 5.86. The van der Waals surface area contributed by atoms with Crippen LogP contribution in [0.5, 0.6) is 0 Å². The van der Waals surface area contributed by atoms with E-state index < -0.39 is 0 Å². The number of hydrogen-bond donors (Lipinski definition) is 0. The number of nitrogens with zero attached hydrogens (tertiary/aromatic N) is 4. The maximum absolute atomic E-state index is 5.86. The Morgan fingerprint density at radius 2 is 1.84 bits per heavy atom. The van der Waals surface area contributed by atoms with E-state index in [0.717, 1.165) is 25.1 Å². The van der Waals surface area contributed by atoms with E-state index in [2.05, 4.69) is 33.6 Å². The van der Waals surface area contributed by atoms with Gasteiger partial charge in [0.2, 0.25) is 5.95 Å². The third-order valence-corrected chi connectivity index (χ3v) is 4.52. The van der Waals surface area contributed by atoms with E-state index in [0.29, 0.717) is 17.1 Å². The molecule has 0 aromatic carbocycles. The van der Waals surface area contributed by atoms with E-state index in [9.17, 15) is 0 Å². The van der Waals surface area contributed by atoms with Gasteiger partial charge in [0, 0.05) is 31.2 Å². The summed E-state index contributed by atoms with van der Waals surface area (Å²) in [6.45, 7) is 6.70. The van der Waals surface area contributed by atoms with Crippen molar-refractivity contribution in [1.29, 1.82) is 0 Å². The Kier molecular flexibility index (Phi) is 3.63. The first-order chi connectivity index (χ1) is 9.15. The average molecular weight is 281 g/mol. The average Bonchev–Trinajstić information content (AvgIpc) is 2.66. The van der Waals surface area contributed by atoms with Crippen LogP contribution in [0.2, 0.25) is 5.02 Å². The van der Waals surface area contributed by atoms with E-state index in [-0.39, 0.29) is 0 Å². The standard InChI is InChI=1S/C14H21ClN4/c1-10(2)19-12-3-4-13(19)9-18(6-5-12)14-16-7-11(15)8-17-14/h7-8,10,12-13H,3-6,9H2,1-2H3/t12-,13-/m0/s1. The zero-order chi connectivity index (χ0) is 13.4.